The Bertz CT molecular complexity index is 655. The quantitative estimate of drug-likeness (QED) is 0.889. The lowest BCUT2D eigenvalue weighted by molar-refractivity contribution is 0.0697. The molecule has 2 heterocycles. The van der Waals surface area contributed by atoms with Crippen LogP contribution in [0.4, 0.5) is 5.82 Å². The fourth-order valence-electron chi connectivity index (χ4n) is 2.30. The highest BCUT2D eigenvalue weighted by Gasteiger charge is 2.21. The SMILES string of the molecule is Cc1cc(N2Cc3ccc(C(=O)O)cc3C2)ncn1. The molecule has 0 bridgehead atoms. The minimum Gasteiger partial charge on any atom is -0.478 e. The molecule has 0 saturated heterocycles. The maximum Gasteiger partial charge on any atom is 0.335 e. The van der Waals surface area contributed by atoms with Crippen LogP contribution >= 0.6 is 0 Å². The van der Waals surface area contributed by atoms with E-state index >= 15 is 0 Å². The van der Waals surface area contributed by atoms with Gasteiger partial charge in [-0.1, -0.05) is 6.07 Å². The van der Waals surface area contributed by atoms with Crippen LogP contribution in [-0.4, -0.2) is 21.0 Å². The van der Waals surface area contributed by atoms with E-state index in [2.05, 4.69) is 14.9 Å². The van der Waals surface area contributed by atoms with Crippen LogP contribution in [0.5, 0.6) is 0 Å². The zero-order valence-corrected chi connectivity index (χ0v) is 10.5. The lowest BCUT2D eigenvalue weighted by Crippen LogP contribution is -2.16. The number of carbonyl (C=O) groups is 1. The molecule has 2 aromatic rings. The fourth-order valence-corrected chi connectivity index (χ4v) is 2.30. The second kappa shape index (κ2) is 4.35. The number of nitrogens with zero attached hydrogens (tertiary/aromatic N) is 3. The molecule has 1 aromatic heterocycles. The van der Waals surface area contributed by atoms with E-state index in [0.717, 1.165) is 29.2 Å². The van der Waals surface area contributed by atoms with E-state index in [1.165, 1.54) is 0 Å². The van der Waals surface area contributed by atoms with Crippen LogP contribution in [0, 0.1) is 6.92 Å². The molecule has 1 aliphatic heterocycles. The van der Waals surface area contributed by atoms with Gasteiger partial charge in [0.05, 0.1) is 5.56 Å². The molecule has 0 spiro atoms. The van der Waals surface area contributed by atoms with Gasteiger partial charge in [0, 0.05) is 24.8 Å². The predicted molar refractivity (Wildman–Crippen MR) is 70.1 cm³/mol. The van der Waals surface area contributed by atoms with Gasteiger partial charge < -0.3 is 10.0 Å². The smallest absolute Gasteiger partial charge is 0.335 e. The number of carboxylic acids is 1. The summed E-state index contributed by atoms with van der Waals surface area (Å²) >= 11 is 0. The summed E-state index contributed by atoms with van der Waals surface area (Å²) in [5, 5.41) is 9.00. The van der Waals surface area contributed by atoms with Gasteiger partial charge in [-0.05, 0) is 30.2 Å². The Labute approximate surface area is 110 Å². The number of fused-ring (bicyclic) bond motifs is 1. The molecular weight excluding hydrogens is 242 g/mol. The Kier molecular flexibility index (Phi) is 2.67. The molecule has 0 atom stereocenters. The molecule has 96 valence electrons. The minimum atomic E-state index is -0.890. The molecule has 0 aliphatic carbocycles. The van der Waals surface area contributed by atoms with E-state index < -0.39 is 5.97 Å². The van der Waals surface area contributed by atoms with E-state index in [-0.39, 0.29) is 0 Å². The van der Waals surface area contributed by atoms with Crippen LogP contribution in [0.25, 0.3) is 0 Å². The van der Waals surface area contributed by atoms with Crippen LogP contribution in [0.15, 0.2) is 30.6 Å². The van der Waals surface area contributed by atoms with E-state index in [9.17, 15) is 4.79 Å². The van der Waals surface area contributed by atoms with Crippen LogP contribution in [0.3, 0.4) is 0 Å². The molecule has 3 rings (SSSR count). The number of aromatic carboxylic acids is 1. The Balaban J connectivity index is 1.90. The Morgan fingerprint density at radius 3 is 2.74 bits per heavy atom. The van der Waals surface area contributed by atoms with Gasteiger partial charge in [0.15, 0.2) is 0 Å². The zero-order chi connectivity index (χ0) is 13.4. The van der Waals surface area contributed by atoms with Crippen LogP contribution < -0.4 is 4.90 Å². The van der Waals surface area contributed by atoms with E-state index in [4.69, 9.17) is 5.11 Å². The molecule has 0 amide bonds. The average molecular weight is 255 g/mol. The normalized spacial score (nSPS) is 13.4. The first-order valence-corrected chi connectivity index (χ1v) is 6.02. The molecule has 0 unspecified atom stereocenters. The number of benzene rings is 1. The zero-order valence-electron chi connectivity index (χ0n) is 10.5. The number of rotatable bonds is 2. The molecule has 0 saturated carbocycles. The number of hydrogen-bond donors (Lipinski definition) is 1. The maximum absolute atomic E-state index is 11.0. The standard InChI is InChI=1S/C14H13N3O2/c1-9-4-13(16-8-15-9)17-6-11-3-2-10(14(18)19)5-12(11)7-17/h2-5,8H,6-7H2,1H3,(H,18,19). The van der Waals surface area contributed by atoms with Crippen molar-refractivity contribution in [3.63, 3.8) is 0 Å². The van der Waals surface area contributed by atoms with Crippen molar-refractivity contribution in [3.05, 3.63) is 53.0 Å². The van der Waals surface area contributed by atoms with Crippen molar-refractivity contribution >= 4 is 11.8 Å². The average Bonchev–Trinajstić information content (AvgIpc) is 2.81. The highest BCUT2D eigenvalue weighted by molar-refractivity contribution is 5.88. The third-order valence-corrected chi connectivity index (χ3v) is 3.29. The van der Waals surface area contributed by atoms with Gasteiger partial charge in [-0.3, -0.25) is 0 Å². The Morgan fingerprint density at radius 2 is 2.00 bits per heavy atom. The summed E-state index contributed by atoms with van der Waals surface area (Å²) in [6, 6.07) is 7.21. The first-order chi connectivity index (χ1) is 9.13. The summed E-state index contributed by atoms with van der Waals surface area (Å²) in [5.41, 5.74) is 3.46. The molecule has 1 aliphatic rings. The number of carboxylic acid groups (broad SMARTS) is 1. The molecule has 1 N–H and O–H groups in total. The summed E-state index contributed by atoms with van der Waals surface area (Å²) in [5.74, 6) is -0.0142. The summed E-state index contributed by atoms with van der Waals surface area (Å²) in [6.07, 6.45) is 1.55. The molecule has 5 heteroatoms. The fraction of sp³-hybridized carbons (Fsp3) is 0.214. The minimum absolute atomic E-state index is 0.333. The summed E-state index contributed by atoms with van der Waals surface area (Å²) in [6.45, 7) is 3.37. The first-order valence-electron chi connectivity index (χ1n) is 6.02. The molecular formula is C14H13N3O2. The van der Waals surface area contributed by atoms with Crippen LogP contribution in [-0.2, 0) is 13.1 Å². The molecule has 0 radical (unpaired) electrons. The largest absolute Gasteiger partial charge is 0.478 e. The summed E-state index contributed by atoms with van der Waals surface area (Å²) in [4.78, 5) is 21.4. The van der Waals surface area contributed by atoms with E-state index in [1.807, 2.05) is 19.1 Å². The number of anilines is 1. The van der Waals surface area contributed by atoms with Gasteiger partial charge in [0.25, 0.3) is 0 Å². The van der Waals surface area contributed by atoms with Gasteiger partial charge in [-0.15, -0.1) is 0 Å². The second-order valence-electron chi connectivity index (χ2n) is 4.66. The van der Waals surface area contributed by atoms with Crippen LogP contribution in [0.1, 0.15) is 27.2 Å². The monoisotopic (exact) mass is 255 g/mol. The Morgan fingerprint density at radius 1 is 1.21 bits per heavy atom. The van der Waals surface area contributed by atoms with Gasteiger partial charge >= 0.3 is 5.97 Å². The Hall–Kier alpha value is -2.43. The van der Waals surface area contributed by atoms with Crippen molar-refractivity contribution < 1.29 is 9.90 Å². The predicted octanol–water partition coefficient (Wildman–Crippen LogP) is 2.00. The van der Waals surface area contributed by atoms with Crippen molar-refractivity contribution in [3.8, 4) is 0 Å². The number of hydrogen-bond acceptors (Lipinski definition) is 4. The van der Waals surface area contributed by atoms with Gasteiger partial charge in [0.2, 0.25) is 0 Å². The maximum atomic E-state index is 11.0. The van der Waals surface area contributed by atoms with E-state index in [0.29, 0.717) is 12.1 Å². The van der Waals surface area contributed by atoms with E-state index in [1.54, 1.807) is 18.5 Å². The molecule has 1 aromatic carbocycles. The van der Waals surface area contributed by atoms with Crippen molar-refractivity contribution in [1.82, 2.24) is 9.97 Å². The van der Waals surface area contributed by atoms with Gasteiger partial charge in [-0.25, -0.2) is 14.8 Å². The van der Waals surface area contributed by atoms with Crippen molar-refractivity contribution in [1.29, 1.82) is 0 Å². The molecule has 19 heavy (non-hydrogen) atoms. The number of aryl methyl sites for hydroxylation is 1. The van der Waals surface area contributed by atoms with Gasteiger partial charge in [0.1, 0.15) is 12.1 Å². The topological polar surface area (TPSA) is 66.3 Å². The van der Waals surface area contributed by atoms with Crippen molar-refractivity contribution in [2.24, 2.45) is 0 Å². The lowest BCUT2D eigenvalue weighted by Gasteiger charge is -2.16. The third kappa shape index (κ3) is 2.14. The first kappa shape index (κ1) is 11.6. The highest BCUT2D eigenvalue weighted by Crippen LogP contribution is 2.27. The molecule has 5 nitrogen and oxygen atoms in total. The number of aromatic nitrogens is 2. The highest BCUT2D eigenvalue weighted by atomic mass is 16.4. The second-order valence-corrected chi connectivity index (χ2v) is 4.66. The molecule has 0 fully saturated rings. The van der Waals surface area contributed by atoms with Gasteiger partial charge in [-0.2, -0.15) is 0 Å². The third-order valence-electron chi connectivity index (χ3n) is 3.29. The summed E-state index contributed by atoms with van der Waals surface area (Å²) < 4.78 is 0. The van der Waals surface area contributed by atoms with Crippen molar-refractivity contribution in [2.45, 2.75) is 20.0 Å². The van der Waals surface area contributed by atoms with Crippen LogP contribution in [0.2, 0.25) is 0 Å². The summed E-state index contributed by atoms with van der Waals surface area (Å²) in [7, 11) is 0. The van der Waals surface area contributed by atoms with Crippen molar-refractivity contribution in [2.75, 3.05) is 4.90 Å². The lowest BCUT2D eigenvalue weighted by atomic mass is 10.1.